The molecule has 0 fully saturated rings. The van der Waals surface area contributed by atoms with Crippen molar-refractivity contribution in [2.45, 2.75) is 0 Å². The van der Waals surface area contributed by atoms with Crippen LogP contribution in [-0.2, 0) is 0 Å². The summed E-state index contributed by atoms with van der Waals surface area (Å²) in [6.07, 6.45) is 0. The van der Waals surface area contributed by atoms with E-state index in [0.717, 1.165) is 17.9 Å². The topological polar surface area (TPSA) is 9.23 Å². The molecule has 4 heteroatoms. The molecule has 0 aliphatic rings. The predicted molar refractivity (Wildman–Crippen MR) is 63.4 cm³/mol. The van der Waals surface area contributed by atoms with Gasteiger partial charge in [0, 0.05) is 5.02 Å². The Balaban J connectivity index is 3.25. The molecule has 0 spiro atoms. The fraction of sp³-hybridized carbons (Fsp3) is 0.143. The van der Waals surface area contributed by atoms with Gasteiger partial charge in [0.25, 0.3) is 0 Å². The molecule has 0 N–H and O–H groups in total. The third-order valence-corrected chi connectivity index (χ3v) is 2.99. The first-order chi connectivity index (χ1) is 5.15. The van der Waals surface area contributed by atoms with Crippen molar-refractivity contribution in [1.82, 2.24) is 0 Å². The minimum atomic E-state index is 0.750. The summed E-state index contributed by atoms with van der Waals surface area (Å²) in [7, 11) is 1.66. The predicted octanol–water partition coefficient (Wildman–Crippen LogP) is 3.56. The Bertz CT molecular complexity index is 252. The fourth-order valence-corrected chi connectivity index (χ4v) is 3.52. The van der Waals surface area contributed by atoms with Gasteiger partial charge < -0.3 is 4.74 Å². The van der Waals surface area contributed by atoms with Gasteiger partial charge in [0.1, 0.15) is 5.75 Å². The van der Waals surface area contributed by atoms with Gasteiger partial charge in [-0.25, -0.2) is 0 Å². The monoisotopic (exact) mass is 394 g/mol. The van der Waals surface area contributed by atoms with Crippen LogP contribution in [0.2, 0.25) is 5.02 Å². The number of ether oxygens (including phenoxy) is 1. The number of benzene rings is 1. The van der Waals surface area contributed by atoms with E-state index in [0.29, 0.717) is 0 Å². The van der Waals surface area contributed by atoms with E-state index in [1.165, 1.54) is 0 Å². The molecule has 1 rings (SSSR count). The van der Waals surface area contributed by atoms with Gasteiger partial charge in [0.2, 0.25) is 0 Å². The summed E-state index contributed by atoms with van der Waals surface area (Å²) in [5.41, 5.74) is 0. The molecule has 1 nitrogen and oxygen atoms in total. The summed E-state index contributed by atoms with van der Waals surface area (Å²) in [4.78, 5) is 0. The highest BCUT2D eigenvalue weighted by Gasteiger charge is 2.05. The van der Waals surface area contributed by atoms with E-state index in [2.05, 4.69) is 45.2 Å². The number of hydrogen-bond acceptors (Lipinski definition) is 1. The first-order valence-electron chi connectivity index (χ1n) is 2.83. The van der Waals surface area contributed by atoms with Crippen molar-refractivity contribution in [1.29, 1.82) is 0 Å². The average molecular weight is 394 g/mol. The molecular weight excluding hydrogens is 389 g/mol. The molecule has 0 bridgehead atoms. The molecule has 1 aromatic carbocycles. The van der Waals surface area contributed by atoms with Crippen LogP contribution in [-0.4, -0.2) is 7.11 Å². The van der Waals surface area contributed by atoms with Crippen LogP contribution < -0.4 is 4.74 Å². The zero-order valence-electron chi connectivity index (χ0n) is 5.70. The first kappa shape index (κ1) is 9.85. The van der Waals surface area contributed by atoms with Crippen molar-refractivity contribution in [3.05, 3.63) is 24.3 Å². The normalized spacial score (nSPS) is 9.82. The van der Waals surface area contributed by atoms with E-state index >= 15 is 0 Å². The maximum Gasteiger partial charge on any atom is 0.145 e. The van der Waals surface area contributed by atoms with Crippen LogP contribution in [0.1, 0.15) is 0 Å². The smallest absolute Gasteiger partial charge is 0.145 e. The van der Waals surface area contributed by atoms with E-state index in [4.69, 9.17) is 16.3 Å². The summed E-state index contributed by atoms with van der Waals surface area (Å²) in [5, 5.41) is 0.750. The van der Waals surface area contributed by atoms with Crippen LogP contribution in [0.3, 0.4) is 0 Å². The molecule has 0 aromatic heterocycles. The molecule has 0 saturated carbocycles. The van der Waals surface area contributed by atoms with Crippen molar-refractivity contribution in [2.75, 3.05) is 7.11 Å². The van der Waals surface area contributed by atoms with Crippen molar-refractivity contribution in [3.8, 4) is 5.75 Å². The van der Waals surface area contributed by atoms with Crippen LogP contribution in [0, 0.1) is 7.14 Å². The average Bonchev–Trinajstić information content (AvgIpc) is 1.85. The summed E-state index contributed by atoms with van der Waals surface area (Å²) >= 11 is 10.2. The van der Waals surface area contributed by atoms with Gasteiger partial charge in [0.05, 0.1) is 14.3 Å². The minimum absolute atomic E-state index is 0.750. The van der Waals surface area contributed by atoms with Gasteiger partial charge in [-0.1, -0.05) is 11.6 Å². The van der Waals surface area contributed by atoms with E-state index in [-0.39, 0.29) is 0 Å². The second-order valence-electron chi connectivity index (χ2n) is 1.90. The Morgan fingerprint density at radius 2 is 1.73 bits per heavy atom. The minimum Gasteiger partial charge on any atom is -0.495 e. The first-order valence-corrected chi connectivity index (χ1v) is 5.37. The number of rotatable bonds is 1. The molecule has 0 aliphatic heterocycles. The van der Waals surface area contributed by atoms with E-state index in [9.17, 15) is 0 Å². The Morgan fingerprint density at radius 1 is 1.27 bits per heavy atom. The van der Waals surface area contributed by atoms with Gasteiger partial charge in [-0.2, -0.15) is 0 Å². The third-order valence-electron chi connectivity index (χ3n) is 1.17. The van der Waals surface area contributed by atoms with Gasteiger partial charge in [-0.15, -0.1) is 0 Å². The van der Waals surface area contributed by atoms with Crippen LogP contribution >= 0.6 is 56.8 Å². The molecule has 0 radical (unpaired) electrons. The van der Waals surface area contributed by atoms with Crippen molar-refractivity contribution >= 4 is 56.8 Å². The Morgan fingerprint density at radius 3 is 2.09 bits per heavy atom. The van der Waals surface area contributed by atoms with E-state index in [1.807, 2.05) is 12.1 Å². The standard InChI is InChI=1S/C7H5ClI2O/c1-11-7-5(9)2-4(8)3-6(7)10/h2-3H,1H3. The van der Waals surface area contributed by atoms with Gasteiger partial charge >= 0.3 is 0 Å². The summed E-state index contributed by atoms with van der Waals surface area (Å²) in [6, 6.07) is 3.76. The SMILES string of the molecule is COc1c(I)cc(Cl)cc1I. The number of methoxy groups -OCH3 is 1. The Kier molecular flexibility index (Phi) is 3.70. The molecule has 60 valence electrons. The van der Waals surface area contributed by atoms with Crippen LogP contribution in [0.4, 0.5) is 0 Å². The summed E-state index contributed by atoms with van der Waals surface area (Å²) in [5.74, 6) is 0.899. The summed E-state index contributed by atoms with van der Waals surface area (Å²) in [6.45, 7) is 0. The van der Waals surface area contributed by atoms with Crippen LogP contribution in [0.25, 0.3) is 0 Å². The number of halogens is 3. The second-order valence-corrected chi connectivity index (χ2v) is 4.66. The fourth-order valence-electron chi connectivity index (χ4n) is 0.724. The molecule has 0 atom stereocenters. The van der Waals surface area contributed by atoms with Gasteiger partial charge in [-0.05, 0) is 57.3 Å². The van der Waals surface area contributed by atoms with Crippen LogP contribution in [0.15, 0.2) is 12.1 Å². The molecule has 11 heavy (non-hydrogen) atoms. The maximum absolute atomic E-state index is 5.81. The quantitative estimate of drug-likeness (QED) is 0.662. The molecule has 0 saturated heterocycles. The van der Waals surface area contributed by atoms with Crippen molar-refractivity contribution in [3.63, 3.8) is 0 Å². The van der Waals surface area contributed by atoms with E-state index < -0.39 is 0 Å². The lowest BCUT2D eigenvalue weighted by atomic mass is 10.3. The number of hydrogen-bond donors (Lipinski definition) is 0. The molecule has 1 aromatic rings. The van der Waals surface area contributed by atoms with Crippen molar-refractivity contribution < 1.29 is 4.74 Å². The Labute approximate surface area is 97.7 Å². The maximum atomic E-state index is 5.81. The van der Waals surface area contributed by atoms with Crippen LogP contribution in [0.5, 0.6) is 5.75 Å². The lowest BCUT2D eigenvalue weighted by Crippen LogP contribution is -1.89. The Hall–Kier alpha value is 0.770. The zero-order chi connectivity index (χ0) is 8.43. The highest BCUT2D eigenvalue weighted by atomic mass is 127. The molecular formula is C7H5ClI2O. The van der Waals surface area contributed by atoms with Gasteiger partial charge in [-0.3, -0.25) is 0 Å². The second kappa shape index (κ2) is 4.13. The molecule has 0 amide bonds. The lowest BCUT2D eigenvalue weighted by molar-refractivity contribution is 0.409. The van der Waals surface area contributed by atoms with Crippen molar-refractivity contribution in [2.24, 2.45) is 0 Å². The lowest BCUT2D eigenvalue weighted by Gasteiger charge is -2.05. The van der Waals surface area contributed by atoms with E-state index in [1.54, 1.807) is 7.11 Å². The molecule has 0 aliphatic carbocycles. The molecule has 0 unspecified atom stereocenters. The van der Waals surface area contributed by atoms with Gasteiger partial charge in [0.15, 0.2) is 0 Å². The third kappa shape index (κ3) is 2.35. The highest BCUT2D eigenvalue weighted by Crippen LogP contribution is 2.30. The molecule has 0 heterocycles. The summed E-state index contributed by atoms with van der Waals surface area (Å²) < 4.78 is 7.24. The highest BCUT2D eigenvalue weighted by molar-refractivity contribution is 14.1. The zero-order valence-corrected chi connectivity index (χ0v) is 10.8. The largest absolute Gasteiger partial charge is 0.495 e.